The number of nitriles is 2. The first kappa shape index (κ1) is 27.2. The number of aliphatic carboxylic acids is 1. The molecule has 8 heteroatoms. The number of carbonyl (C=O) groups is 2. The number of carboxylic acids is 1. The first-order chi connectivity index (χ1) is 17.4. The highest BCUT2D eigenvalue weighted by Crippen LogP contribution is 2.21. The Kier molecular flexibility index (Phi) is 10.7. The summed E-state index contributed by atoms with van der Waals surface area (Å²) in [6, 6.07) is 17.8. The number of aromatic nitrogens is 2. The molecule has 2 aromatic carbocycles. The maximum absolute atomic E-state index is 9.59. The van der Waals surface area contributed by atoms with Crippen molar-refractivity contribution in [2.45, 2.75) is 26.7 Å². The summed E-state index contributed by atoms with van der Waals surface area (Å²) in [6.07, 6.45) is 8.00. The van der Waals surface area contributed by atoms with E-state index >= 15 is 0 Å². The molecule has 36 heavy (non-hydrogen) atoms. The van der Waals surface area contributed by atoms with E-state index in [0.29, 0.717) is 18.1 Å². The lowest BCUT2D eigenvalue weighted by Gasteiger charge is -2.12. The molecule has 180 valence electrons. The van der Waals surface area contributed by atoms with Gasteiger partial charge in [-0.3, -0.25) is 4.79 Å². The summed E-state index contributed by atoms with van der Waals surface area (Å²) in [5, 5.41) is 25.5. The molecular formula is C28H24N4O4. The highest BCUT2D eigenvalue weighted by Gasteiger charge is 2.08. The van der Waals surface area contributed by atoms with Gasteiger partial charge in [-0.25, -0.2) is 14.8 Å². The van der Waals surface area contributed by atoms with E-state index in [1.165, 1.54) is 22.8 Å². The summed E-state index contributed by atoms with van der Waals surface area (Å²) >= 11 is 0. The molecule has 0 atom stereocenters. The zero-order chi connectivity index (χ0) is 26.3. The molecule has 1 aromatic heterocycles. The predicted octanol–water partition coefficient (Wildman–Crippen LogP) is 4.44. The third-order valence-electron chi connectivity index (χ3n) is 4.98. The fourth-order valence-corrected chi connectivity index (χ4v) is 3.35. The molecule has 0 fully saturated rings. The lowest BCUT2D eigenvalue weighted by Crippen LogP contribution is -2.03. The minimum Gasteiger partial charge on any atom is -0.478 e. The molecule has 0 amide bonds. The summed E-state index contributed by atoms with van der Waals surface area (Å²) in [4.78, 5) is 28.0. The van der Waals surface area contributed by atoms with E-state index in [2.05, 4.69) is 41.8 Å². The van der Waals surface area contributed by atoms with Crippen LogP contribution in [0.4, 0.5) is 0 Å². The second-order valence-corrected chi connectivity index (χ2v) is 7.60. The fourth-order valence-electron chi connectivity index (χ4n) is 3.35. The molecule has 3 aromatic rings. The van der Waals surface area contributed by atoms with Gasteiger partial charge in [-0.15, -0.1) is 0 Å². The topological polar surface area (TPSA) is 137 Å². The molecule has 0 bridgehead atoms. The van der Waals surface area contributed by atoms with Crippen molar-refractivity contribution >= 4 is 18.5 Å². The molecular weight excluding hydrogens is 456 g/mol. The Hall–Kier alpha value is -5.08. The van der Waals surface area contributed by atoms with Gasteiger partial charge in [0.1, 0.15) is 12.1 Å². The van der Waals surface area contributed by atoms with Crippen LogP contribution < -0.4 is 0 Å². The van der Waals surface area contributed by atoms with Gasteiger partial charge in [0.05, 0.1) is 23.8 Å². The molecule has 3 rings (SSSR count). The molecule has 0 spiro atoms. The lowest BCUT2D eigenvalue weighted by molar-refractivity contribution is -0.131. The third kappa shape index (κ3) is 9.05. The van der Waals surface area contributed by atoms with E-state index in [9.17, 15) is 9.59 Å². The van der Waals surface area contributed by atoms with Gasteiger partial charge in [0.15, 0.2) is 0 Å². The SMILES string of the molecule is Cc1cc(/C=C\C#N)cc(C)c1Cc1ccnc(Cc2ccc(C#N)cc2)n1.O=CO/C=C/C(=O)O. The van der Waals surface area contributed by atoms with E-state index < -0.39 is 5.97 Å². The van der Waals surface area contributed by atoms with Crippen LogP contribution in [0.5, 0.6) is 0 Å². The number of ether oxygens (including phenoxy) is 1. The normalized spacial score (nSPS) is 10.2. The van der Waals surface area contributed by atoms with Crippen LogP contribution in [-0.4, -0.2) is 27.5 Å². The van der Waals surface area contributed by atoms with Gasteiger partial charge < -0.3 is 9.84 Å². The van der Waals surface area contributed by atoms with Crippen LogP contribution in [0.3, 0.4) is 0 Å². The highest BCUT2D eigenvalue weighted by atomic mass is 16.5. The number of allylic oxidation sites excluding steroid dienone is 1. The minimum absolute atomic E-state index is 0.138. The number of carbonyl (C=O) groups excluding carboxylic acids is 1. The number of hydrogen-bond acceptors (Lipinski definition) is 7. The van der Waals surface area contributed by atoms with Crippen LogP contribution in [0, 0.1) is 36.5 Å². The van der Waals surface area contributed by atoms with Crippen molar-refractivity contribution in [3.63, 3.8) is 0 Å². The van der Waals surface area contributed by atoms with Crippen molar-refractivity contribution < 1.29 is 19.4 Å². The van der Waals surface area contributed by atoms with Gasteiger partial charge in [-0.05, 0) is 65.9 Å². The van der Waals surface area contributed by atoms with Crippen LogP contribution in [0.15, 0.2) is 67.1 Å². The Bertz CT molecular complexity index is 1320. The van der Waals surface area contributed by atoms with E-state index in [4.69, 9.17) is 20.6 Å². The van der Waals surface area contributed by atoms with Crippen LogP contribution >= 0.6 is 0 Å². The monoisotopic (exact) mass is 480 g/mol. The molecule has 0 aliphatic rings. The third-order valence-corrected chi connectivity index (χ3v) is 4.98. The molecule has 1 N–H and O–H groups in total. The molecule has 0 radical (unpaired) electrons. The largest absolute Gasteiger partial charge is 0.478 e. The Morgan fingerprint density at radius 3 is 2.36 bits per heavy atom. The van der Waals surface area contributed by atoms with Crippen molar-refractivity contribution in [1.82, 2.24) is 9.97 Å². The molecule has 0 aliphatic heterocycles. The van der Waals surface area contributed by atoms with Gasteiger partial charge in [0, 0.05) is 30.8 Å². The number of hydrogen-bond donors (Lipinski definition) is 1. The van der Waals surface area contributed by atoms with Gasteiger partial charge in [0.25, 0.3) is 6.47 Å². The number of aryl methyl sites for hydroxylation is 2. The summed E-state index contributed by atoms with van der Waals surface area (Å²) in [5.41, 5.74) is 7.36. The van der Waals surface area contributed by atoms with Gasteiger partial charge in [-0.2, -0.15) is 10.5 Å². The number of nitrogens with zero attached hydrogens (tertiary/aromatic N) is 4. The standard InChI is InChI=1S/C24H20N4.C4H4O4/c1-17-12-21(4-3-10-25)13-18(2)23(17)15-22-9-11-27-24(28-22)14-19-5-7-20(16-26)8-6-19;5-3-8-2-1-4(6)7/h3-9,11-13H,14-15H2,1-2H3;1-3H,(H,6,7)/b4-3-;2-1+. The average molecular weight is 481 g/mol. The maximum Gasteiger partial charge on any atom is 0.331 e. The Morgan fingerprint density at radius 1 is 1.08 bits per heavy atom. The fraction of sp³-hybridized carbons (Fsp3) is 0.143. The highest BCUT2D eigenvalue weighted by molar-refractivity contribution is 5.79. The summed E-state index contributed by atoms with van der Waals surface area (Å²) in [5.74, 6) is -0.377. The number of benzene rings is 2. The van der Waals surface area contributed by atoms with Crippen LogP contribution in [0.2, 0.25) is 0 Å². The Morgan fingerprint density at radius 2 is 1.78 bits per heavy atom. The second kappa shape index (κ2) is 14.2. The van der Waals surface area contributed by atoms with E-state index in [1.54, 1.807) is 6.20 Å². The van der Waals surface area contributed by atoms with E-state index in [0.717, 1.165) is 35.3 Å². The smallest absolute Gasteiger partial charge is 0.331 e. The summed E-state index contributed by atoms with van der Waals surface area (Å²) in [6.45, 7) is 4.31. The molecule has 0 saturated heterocycles. The van der Waals surface area contributed by atoms with Gasteiger partial charge in [-0.1, -0.05) is 24.3 Å². The summed E-state index contributed by atoms with van der Waals surface area (Å²) in [7, 11) is 0. The zero-order valence-electron chi connectivity index (χ0n) is 19.9. The maximum atomic E-state index is 9.59. The first-order valence-electron chi connectivity index (χ1n) is 10.8. The Balaban J connectivity index is 0.000000493. The van der Waals surface area contributed by atoms with Crippen molar-refractivity contribution in [2.24, 2.45) is 0 Å². The number of rotatable bonds is 8. The first-order valence-corrected chi connectivity index (χ1v) is 10.8. The lowest BCUT2D eigenvalue weighted by atomic mass is 9.95. The van der Waals surface area contributed by atoms with E-state index in [-0.39, 0.29) is 6.47 Å². The van der Waals surface area contributed by atoms with Gasteiger partial charge in [0.2, 0.25) is 0 Å². The molecule has 0 saturated carbocycles. The average Bonchev–Trinajstić information content (AvgIpc) is 2.86. The minimum atomic E-state index is -1.15. The Labute approximate surface area is 209 Å². The molecule has 0 unspecified atom stereocenters. The molecule has 0 aliphatic carbocycles. The van der Waals surface area contributed by atoms with Gasteiger partial charge >= 0.3 is 5.97 Å². The number of carboxylic acid groups (broad SMARTS) is 1. The zero-order valence-corrected chi connectivity index (χ0v) is 19.9. The van der Waals surface area contributed by atoms with E-state index in [1.807, 2.05) is 42.5 Å². The summed E-state index contributed by atoms with van der Waals surface area (Å²) < 4.78 is 3.90. The van der Waals surface area contributed by atoms with Crippen LogP contribution in [0.25, 0.3) is 6.08 Å². The predicted molar refractivity (Wildman–Crippen MR) is 133 cm³/mol. The van der Waals surface area contributed by atoms with Crippen molar-refractivity contribution in [1.29, 1.82) is 10.5 Å². The molecule has 1 heterocycles. The van der Waals surface area contributed by atoms with Crippen LogP contribution in [0.1, 0.15) is 44.9 Å². The second-order valence-electron chi connectivity index (χ2n) is 7.60. The van der Waals surface area contributed by atoms with Crippen LogP contribution in [-0.2, 0) is 27.2 Å². The van der Waals surface area contributed by atoms with Crippen molar-refractivity contribution in [2.75, 3.05) is 0 Å². The van der Waals surface area contributed by atoms with Crippen molar-refractivity contribution in [3.05, 3.63) is 112 Å². The quantitative estimate of drug-likeness (QED) is 0.216. The van der Waals surface area contributed by atoms with Crippen molar-refractivity contribution in [3.8, 4) is 12.1 Å². The molecule has 8 nitrogen and oxygen atoms in total.